The van der Waals surface area contributed by atoms with Crippen LogP contribution >= 0.6 is 0 Å². The van der Waals surface area contributed by atoms with Crippen LogP contribution in [0, 0.1) is 0 Å². The number of hydrogen-bond donors (Lipinski definition) is 1. The maximum absolute atomic E-state index is 10.8. The van der Waals surface area contributed by atoms with E-state index in [0.29, 0.717) is 11.3 Å². The Hall–Kier alpha value is -2.44. The summed E-state index contributed by atoms with van der Waals surface area (Å²) in [5, 5.41) is 20.5. The zero-order chi connectivity index (χ0) is 11.7. The predicted octanol–water partition coefficient (Wildman–Crippen LogP) is 0.881. The SMILES string of the molecule is C=Cc1ccc2nnc(N(C)C(=O)O)n2n1. The van der Waals surface area contributed by atoms with Crippen molar-refractivity contribution in [1.29, 1.82) is 0 Å². The third kappa shape index (κ3) is 1.48. The highest BCUT2D eigenvalue weighted by atomic mass is 16.4. The first-order valence-corrected chi connectivity index (χ1v) is 4.45. The summed E-state index contributed by atoms with van der Waals surface area (Å²) in [6, 6.07) is 3.41. The topological polar surface area (TPSA) is 83.6 Å². The van der Waals surface area contributed by atoms with Crippen molar-refractivity contribution in [1.82, 2.24) is 19.8 Å². The summed E-state index contributed by atoms with van der Waals surface area (Å²) in [7, 11) is 1.38. The highest BCUT2D eigenvalue weighted by Crippen LogP contribution is 2.11. The Bertz CT molecular complexity index is 562. The molecule has 0 aliphatic carbocycles. The van der Waals surface area contributed by atoms with Gasteiger partial charge in [0.05, 0.1) is 5.69 Å². The van der Waals surface area contributed by atoms with Crippen LogP contribution in [-0.2, 0) is 0 Å². The number of fused-ring (bicyclic) bond motifs is 1. The minimum atomic E-state index is -1.12. The van der Waals surface area contributed by atoms with E-state index < -0.39 is 6.09 Å². The molecule has 0 fully saturated rings. The maximum atomic E-state index is 10.8. The first kappa shape index (κ1) is 10.1. The second kappa shape index (κ2) is 3.61. The van der Waals surface area contributed by atoms with E-state index in [0.717, 1.165) is 4.90 Å². The van der Waals surface area contributed by atoms with Crippen LogP contribution in [0.1, 0.15) is 5.69 Å². The molecule has 0 aliphatic rings. The minimum Gasteiger partial charge on any atom is -0.465 e. The highest BCUT2D eigenvalue weighted by molar-refractivity contribution is 5.83. The van der Waals surface area contributed by atoms with Crippen molar-refractivity contribution in [3.63, 3.8) is 0 Å². The summed E-state index contributed by atoms with van der Waals surface area (Å²) in [6.07, 6.45) is 0.435. The first-order valence-electron chi connectivity index (χ1n) is 4.45. The molecule has 0 aromatic carbocycles. The van der Waals surface area contributed by atoms with Crippen LogP contribution in [0.15, 0.2) is 18.7 Å². The van der Waals surface area contributed by atoms with Gasteiger partial charge < -0.3 is 5.11 Å². The van der Waals surface area contributed by atoms with E-state index in [1.54, 1.807) is 18.2 Å². The molecule has 0 saturated carbocycles. The molecule has 2 aromatic rings. The van der Waals surface area contributed by atoms with E-state index in [9.17, 15) is 4.79 Å². The van der Waals surface area contributed by atoms with E-state index in [1.807, 2.05) is 0 Å². The monoisotopic (exact) mass is 219 g/mol. The number of anilines is 1. The number of rotatable bonds is 2. The standard InChI is InChI=1S/C9H9N5O2/c1-3-6-4-5-7-10-11-8(14(7)12-6)13(2)9(15)16/h3-5H,1H2,2H3,(H,15,16). The number of carboxylic acid groups (broad SMARTS) is 1. The molecule has 1 amide bonds. The van der Waals surface area contributed by atoms with Crippen molar-refractivity contribution in [2.75, 3.05) is 11.9 Å². The van der Waals surface area contributed by atoms with Gasteiger partial charge in [0.2, 0.25) is 0 Å². The second-order valence-corrected chi connectivity index (χ2v) is 3.07. The van der Waals surface area contributed by atoms with Crippen LogP contribution in [0.25, 0.3) is 11.7 Å². The number of amides is 1. The number of nitrogens with zero attached hydrogens (tertiary/aromatic N) is 5. The summed E-state index contributed by atoms with van der Waals surface area (Å²) in [6.45, 7) is 3.59. The van der Waals surface area contributed by atoms with Crippen molar-refractivity contribution in [2.24, 2.45) is 0 Å². The average molecular weight is 219 g/mol. The molecular weight excluding hydrogens is 210 g/mol. The van der Waals surface area contributed by atoms with Gasteiger partial charge in [-0.3, -0.25) is 0 Å². The molecule has 0 spiro atoms. The molecule has 0 unspecified atom stereocenters. The Morgan fingerprint density at radius 1 is 1.56 bits per heavy atom. The summed E-state index contributed by atoms with van der Waals surface area (Å²) >= 11 is 0. The van der Waals surface area contributed by atoms with Crippen LogP contribution in [0.3, 0.4) is 0 Å². The van der Waals surface area contributed by atoms with Crippen molar-refractivity contribution in [3.05, 3.63) is 24.4 Å². The van der Waals surface area contributed by atoms with E-state index in [2.05, 4.69) is 21.9 Å². The zero-order valence-electron chi connectivity index (χ0n) is 8.53. The van der Waals surface area contributed by atoms with Gasteiger partial charge in [-0.1, -0.05) is 6.58 Å². The lowest BCUT2D eigenvalue weighted by Gasteiger charge is -2.08. The van der Waals surface area contributed by atoms with Gasteiger partial charge in [-0.25, -0.2) is 9.69 Å². The lowest BCUT2D eigenvalue weighted by Crippen LogP contribution is -2.26. The van der Waals surface area contributed by atoms with Gasteiger partial charge in [0.1, 0.15) is 0 Å². The van der Waals surface area contributed by atoms with Gasteiger partial charge in [-0.2, -0.15) is 9.61 Å². The molecule has 0 atom stereocenters. The molecule has 2 heterocycles. The number of hydrogen-bond acceptors (Lipinski definition) is 4. The van der Waals surface area contributed by atoms with Crippen LogP contribution in [0.2, 0.25) is 0 Å². The molecule has 7 heteroatoms. The predicted molar refractivity (Wildman–Crippen MR) is 57.3 cm³/mol. The first-order chi connectivity index (χ1) is 7.63. The molecule has 2 rings (SSSR count). The largest absolute Gasteiger partial charge is 0.465 e. The molecule has 0 radical (unpaired) electrons. The fourth-order valence-electron chi connectivity index (χ4n) is 1.20. The Morgan fingerprint density at radius 3 is 2.94 bits per heavy atom. The smallest absolute Gasteiger partial charge is 0.414 e. The highest BCUT2D eigenvalue weighted by Gasteiger charge is 2.16. The number of carbonyl (C=O) groups is 1. The number of aromatic nitrogens is 4. The third-order valence-corrected chi connectivity index (χ3v) is 2.06. The fourth-order valence-corrected chi connectivity index (χ4v) is 1.20. The fraction of sp³-hybridized carbons (Fsp3) is 0.111. The second-order valence-electron chi connectivity index (χ2n) is 3.07. The van der Waals surface area contributed by atoms with E-state index in [1.165, 1.54) is 11.6 Å². The quantitative estimate of drug-likeness (QED) is 0.810. The summed E-state index contributed by atoms with van der Waals surface area (Å²) in [5.41, 5.74) is 1.10. The Kier molecular flexibility index (Phi) is 2.28. The molecule has 7 nitrogen and oxygen atoms in total. The lowest BCUT2D eigenvalue weighted by atomic mass is 10.4. The molecule has 0 saturated heterocycles. The molecule has 1 N–H and O–H groups in total. The normalized spacial score (nSPS) is 10.3. The Balaban J connectivity index is 2.62. The molecular formula is C9H9N5O2. The van der Waals surface area contributed by atoms with Gasteiger partial charge in [-0.15, -0.1) is 10.2 Å². The average Bonchev–Trinajstić information content (AvgIpc) is 2.70. The van der Waals surface area contributed by atoms with Crippen molar-refractivity contribution < 1.29 is 9.90 Å². The molecule has 82 valence electrons. The van der Waals surface area contributed by atoms with Crippen LogP contribution in [-0.4, -0.2) is 38.1 Å². The molecule has 16 heavy (non-hydrogen) atoms. The van der Waals surface area contributed by atoms with Crippen LogP contribution < -0.4 is 4.90 Å². The zero-order valence-corrected chi connectivity index (χ0v) is 8.53. The molecule has 0 bridgehead atoms. The third-order valence-electron chi connectivity index (χ3n) is 2.06. The van der Waals surface area contributed by atoms with Crippen molar-refractivity contribution >= 4 is 23.8 Å². The van der Waals surface area contributed by atoms with Crippen molar-refractivity contribution in [2.45, 2.75) is 0 Å². The molecule has 0 aliphatic heterocycles. The summed E-state index contributed by atoms with van der Waals surface area (Å²) in [4.78, 5) is 11.7. The maximum Gasteiger partial charge on any atom is 0.414 e. The van der Waals surface area contributed by atoms with Gasteiger partial charge in [0, 0.05) is 7.05 Å². The van der Waals surface area contributed by atoms with Gasteiger partial charge in [0.25, 0.3) is 5.95 Å². The molecule has 2 aromatic heterocycles. The summed E-state index contributed by atoms with van der Waals surface area (Å²) < 4.78 is 1.35. The van der Waals surface area contributed by atoms with E-state index in [4.69, 9.17) is 5.11 Å². The minimum absolute atomic E-state index is 0.145. The summed E-state index contributed by atoms with van der Waals surface area (Å²) in [5.74, 6) is 0.145. The Morgan fingerprint density at radius 2 is 2.31 bits per heavy atom. The van der Waals surface area contributed by atoms with E-state index in [-0.39, 0.29) is 5.95 Å². The van der Waals surface area contributed by atoms with Gasteiger partial charge in [-0.05, 0) is 18.2 Å². The van der Waals surface area contributed by atoms with Gasteiger partial charge >= 0.3 is 6.09 Å². The Labute approximate surface area is 90.6 Å². The van der Waals surface area contributed by atoms with Crippen molar-refractivity contribution in [3.8, 4) is 0 Å². The van der Waals surface area contributed by atoms with Gasteiger partial charge in [0.15, 0.2) is 5.65 Å². The van der Waals surface area contributed by atoms with Crippen LogP contribution in [0.5, 0.6) is 0 Å². The van der Waals surface area contributed by atoms with Crippen LogP contribution in [0.4, 0.5) is 10.7 Å². The van der Waals surface area contributed by atoms with E-state index >= 15 is 0 Å². The lowest BCUT2D eigenvalue weighted by molar-refractivity contribution is 0.203.